The lowest BCUT2D eigenvalue weighted by molar-refractivity contribution is 0.150. The van der Waals surface area contributed by atoms with Gasteiger partial charge < -0.3 is 14.6 Å². The Bertz CT molecular complexity index is 1280. The summed E-state index contributed by atoms with van der Waals surface area (Å²) >= 11 is 1.50. The van der Waals surface area contributed by atoms with Crippen LogP contribution >= 0.6 is 11.3 Å². The molecule has 3 heterocycles. The number of aromatic nitrogens is 3. The quantitative estimate of drug-likeness (QED) is 0.362. The lowest BCUT2D eigenvalue weighted by Gasteiger charge is -2.37. The average molecular weight is 493 g/mol. The third-order valence-corrected chi connectivity index (χ3v) is 7.81. The Kier molecular flexibility index (Phi) is 6.92. The number of likely N-dealkylation sites (tertiary alicyclic amines) is 1. The van der Waals surface area contributed by atoms with Crippen LogP contribution in [0.3, 0.4) is 0 Å². The number of rotatable bonds is 8. The van der Waals surface area contributed by atoms with Gasteiger partial charge in [0.1, 0.15) is 5.82 Å². The molecular formula is C27H32N4O3S. The Labute approximate surface area is 210 Å². The summed E-state index contributed by atoms with van der Waals surface area (Å²) in [6.07, 6.45) is 3.33. The molecule has 1 aliphatic heterocycles. The summed E-state index contributed by atoms with van der Waals surface area (Å²) in [6, 6.07) is 16.7. The van der Waals surface area contributed by atoms with E-state index in [9.17, 15) is 5.11 Å². The molecule has 2 aromatic heterocycles. The maximum atomic E-state index is 11.2. The van der Waals surface area contributed by atoms with Gasteiger partial charge in [0.05, 0.1) is 24.6 Å². The van der Waals surface area contributed by atoms with E-state index in [1.807, 2.05) is 26.0 Å². The second-order valence-electron chi connectivity index (χ2n) is 9.06. The third kappa shape index (κ3) is 4.86. The van der Waals surface area contributed by atoms with Gasteiger partial charge in [0.25, 0.3) is 0 Å². The fourth-order valence-corrected chi connectivity index (χ4v) is 6.21. The number of aromatic hydroxyl groups is 1. The second-order valence-corrected chi connectivity index (χ2v) is 10.1. The van der Waals surface area contributed by atoms with Crippen LogP contribution in [0.2, 0.25) is 0 Å². The van der Waals surface area contributed by atoms with E-state index < -0.39 is 0 Å². The molecule has 1 fully saturated rings. The monoisotopic (exact) mass is 492 g/mol. The maximum Gasteiger partial charge on any atom is 0.230 e. The van der Waals surface area contributed by atoms with Crippen LogP contribution in [0.4, 0.5) is 0 Å². The smallest absolute Gasteiger partial charge is 0.230 e. The standard InChI is InChI=1S/C27H32N4O3S/c1-4-34-22-11-10-21(17-23(22)33-3)24(25-26(32)31-27(35-25)28-18(2)29-31)30-14-12-20(13-15-30)16-19-8-6-5-7-9-19/h5-11,17,20,24,32H,4,12-16H2,1-3H3. The van der Waals surface area contributed by atoms with Crippen LogP contribution in [0.15, 0.2) is 48.5 Å². The van der Waals surface area contributed by atoms with Crippen LogP contribution in [0.25, 0.3) is 4.96 Å². The fraction of sp³-hybridized carbons (Fsp3) is 0.407. The Hall–Kier alpha value is -3.10. The number of nitrogens with zero attached hydrogens (tertiary/aromatic N) is 4. The minimum Gasteiger partial charge on any atom is -0.493 e. The van der Waals surface area contributed by atoms with E-state index >= 15 is 0 Å². The number of fused-ring (bicyclic) bond motifs is 1. The van der Waals surface area contributed by atoms with Crippen molar-refractivity contribution in [3.63, 3.8) is 0 Å². The minimum atomic E-state index is -0.119. The molecule has 184 valence electrons. The Morgan fingerprint density at radius 2 is 1.89 bits per heavy atom. The van der Waals surface area contributed by atoms with Gasteiger partial charge >= 0.3 is 0 Å². The Balaban J connectivity index is 1.46. The number of benzene rings is 2. The molecule has 1 N–H and O–H groups in total. The van der Waals surface area contributed by atoms with Crippen molar-refractivity contribution in [3.8, 4) is 17.4 Å². The zero-order valence-electron chi connectivity index (χ0n) is 20.5. The first-order chi connectivity index (χ1) is 17.1. The van der Waals surface area contributed by atoms with Crippen molar-refractivity contribution in [2.24, 2.45) is 5.92 Å². The van der Waals surface area contributed by atoms with E-state index in [1.54, 1.807) is 11.6 Å². The molecule has 1 saturated heterocycles. The highest BCUT2D eigenvalue weighted by Gasteiger charge is 2.32. The molecule has 7 nitrogen and oxygen atoms in total. The highest BCUT2D eigenvalue weighted by molar-refractivity contribution is 7.17. The Morgan fingerprint density at radius 1 is 1.11 bits per heavy atom. The first kappa shape index (κ1) is 23.6. The predicted molar refractivity (Wildman–Crippen MR) is 138 cm³/mol. The minimum absolute atomic E-state index is 0.119. The van der Waals surface area contributed by atoms with Crippen LogP contribution in [-0.4, -0.2) is 51.4 Å². The SMILES string of the molecule is CCOc1ccc(C(c2sc3nc(C)nn3c2O)N2CCC(Cc3ccccc3)CC2)cc1OC. The van der Waals surface area contributed by atoms with E-state index in [-0.39, 0.29) is 11.9 Å². The lowest BCUT2D eigenvalue weighted by atomic mass is 9.88. The molecule has 35 heavy (non-hydrogen) atoms. The van der Waals surface area contributed by atoms with E-state index in [4.69, 9.17) is 9.47 Å². The third-order valence-electron chi connectivity index (χ3n) is 6.74. The van der Waals surface area contributed by atoms with Crippen LogP contribution < -0.4 is 9.47 Å². The zero-order valence-corrected chi connectivity index (χ0v) is 21.3. The van der Waals surface area contributed by atoms with Gasteiger partial charge in [0.15, 0.2) is 11.5 Å². The zero-order chi connectivity index (χ0) is 24.4. The van der Waals surface area contributed by atoms with Crippen molar-refractivity contribution >= 4 is 16.3 Å². The van der Waals surface area contributed by atoms with E-state index in [0.717, 1.165) is 48.5 Å². The summed E-state index contributed by atoms with van der Waals surface area (Å²) in [5, 5.41) is 15.6. The second kappa shape index (κ2) is 10.3. The van der Waals surface area contributed by atoms with Crippen LogP contribution in [0.5, 0.6) is 17.4 Å². The number of methoxy groups -OCH3 is 1. The van der Waals surface area contributed by atoms with Gasteiger partial charge in [0.2, 0.25) is 10.8 Å². The molecule has 8 heteroatoms. The van der Waals surface area contributed by atoms with Crippen molar-refractivity contribution in [2.45, 2.75) is 39.2 Å². The molecule has 0 spiro atoms. The van der Waals surface area contributed by atoms with E-state index in [2.05, 4.69) is 51.4 Å². The van der Waals surface area contributed by atoms with Crippen molar-refractivity contribution < 1.29 is 14.6 Å². The van der Waals surface area contributed by atoms with Gasteiger partial charge in [-0.2, -0.15) is 4.52 Å². The van der Waals surface area contributed by atoms with Gasteiger partial charge in [-0.15, -0.1) is 5.10 Å². The molecule has 5 rings (SSSR count). The molecular weight excluding hydrogens is 460 g/mol. The van der Waals surface area contributed by atoms with Crippen LogP contribution in [-0.2, 0) is 6.42 Å². The summed E-state index contributed by atoms with van der Waals surface area (Å²) in [5.74, 6) is 2.89. The number of thiazole rings is 1. The normalized spacial score (nSPS) is 16.0. The number of hydrogen-bond donors (Lipinski definition) is 1. The van der Waals surface area contributed by atoms with Crippen molar-refractivity contribution in [1.82, 2.24) is 19.5 Å². The van der Waals surface area contributed by atoms with Gasteiger partial charge in [0, 0.05) is 0 Å². The topological polar surface area (TPSA) is 72.1 Å². The Morgan fingerprint density at radius 3 is 2.57 bits per heavy atom. The molecule has 1 atom stereocenters. The summed E-state index contributed by atoms with van der Waals surface area (Å²) in [7, 11) is 1.66. The average Bonchev–Trinajstić information content (AvgIpc) is 3.38. The largest absolute Gasteiger partial charge is 0.493 e. The first-order valence-electron chi connectivity index (χ1n) is 12.2. The van der Waals surface area contributed by atoms with Crippen molar-refractivity contribution in [1.29, 1.82) is 0 Å². The highest BCUT2D eigenvalue weighted by atomic mass is 32.1. The fourth-order valence-electron chi connectivity index (χ4n) is 5.05. The highest BCUT2D eigenvalue weighted by Crippen LogP contribution is 2.43. The molecule has 0 radical (unpaired) electrons. The van der Waals surface area contributed by atoms with Crippen LogP contribution in [0, 0.1) is 12.8 Å². The van der Waals surface area contributed by atoms with E-state index in [0.29, 0.717) is 29.1 Å². The summed E-state index contributed by atoms with van der Waals surface area (Å²) in [6.45, 7) is 6.27. The molecule has 0 bridgehead atoms. The molecule has 0 saturated carbocycles. The summed E-state index contributed by atoms with van der Waals surface area (Å²) in [5.41, 5.74) is 2.46. The van der Waals surface area contributed by atoms with Gasteiger partial charge in [-0.05, 0) is 75.4 Å². The molecule has 1 aliphatic rings. The van der Waals surface area contributed by atoms with Gasteiger partial charge in [-0.1, -0.05) is 47.7 Å². The summed E-state index contributed by atoms with van der Waals surface area (Å²) < 4.78 is 13.0. The lowest BCUT2D eigenvalue weighted by Crippen LogP contribution is -2.37. The number of hydrogen-bond acceptors (Lipinski definition) is 7. The molecule has 1 unspecified atom stereocenters. The maximum absolute atomic E-state index is 11.2. The van der Waals surface area contributed by atoms with Gasteiger partial charge in [-0.25, -0.2) is 4.98 Å². The van der Waals surface area contributed by atoms with Crippen molar-refractivity contribution in [3.05, 3.63) is 70.4 Å². The first-order valence-corrected chi connectivity index (χ1v) is 13.0. The van der Waals surface area contributed by atoms with E-state index in [1.165, 1.54) is 16.9 Å². The molecule has 2 aromatic carbocycles. The number of ether oxygens (including phenoxy) is 2. The predicted octanol–water partition coefficient (Wildman–Crippen LogP) is 5.26. The molecule has 4 aromatic rings. The van der Waals surface area contributed by atoms with Gasteiger partial charge in [-0.3, -0.25) is 4.90 Å². The number of aryl methyl sites for hydroxylation is 1. The van der Waals surface area contributed by atoms with Crippen molar-refractivity contribution in [2.75, 3.05) is 26.8 Å². The summed E-state index contributed by atoms with van der Waals surface area (Å²) in [4.78, 5) is 8.52. The molecule has 0 aliphatic carbocycles. The van der Waals surface area contributed by atoms with Crippen LogP contribution in [0.1, 0.15) is 47.6 Å². The number of piperidine rings is 1. The molecule has 0 amide bonds.